The Morgan fingerprint density at radius 2 is 2.25 bits per heavy atom. The van der Waals surface area contributed by atoms with Crippen LogP contribution in [0.1, 0.15) is 28.3 Å². The molecule has 0 aromatic carbocycles. The van der Waals surface area contributed by atoms with E-state index in [4.69, 9.17) is 0 Å². The number of rotatable bonds is 3. The molecule has 12 heavy (non-hydrogen) atoms. The Kier molecular flexibility index (Phi) is 2.87. The van der Waals surface area contributed by atoms with E-state index in [9.17, 15) is 4.79 Å². The van der Waals surface area contributed by atoms with E-state index in [0.717, 1.165) is 6.41 Å². The second-order valence-electron chi connectivity index (χ2n) is 2.87. The fourth-order valence-corrected chi connectivity index (χ4v) is 2.29. The molecule has 0 saturated heterocycles. The van der Waals surface area contributed by atoms with Crippen molar-refractivity contribution in [3.63, 3.8) is 0 Å². The van der Waals surface area contributed by atoms with Crippen LogP contribution in [0, 0.1) is 13.8 Å². The van der Waals surface area contributed by atoms with Crippen molar-refractivity contribution < 1.29 is 4.79 Å². The van der Waals surface area contributed by atoms with E-state index in [2.05, 4.69) is 25.2 Å². The van der Waals surface area contributed by atoms with Crippen LogP contribution in [-0.2, 0) is 4.79 Å². The first kappa shape index (κ1) is 9.26. The minimum Gasteiger partial charge on any atom is -0.352 e. The third kappa shape index (κ3) is 1.85. The molecule has 1 unspecified atom stereocenters. The molecule has 3 heteroatoms. The van der Waals surface area contributed by atoms with Gasteiger partial charge in [-0.15, -0.1) is 11.3 Å². The molecule has 0 aliphatic heterocycles. The molecule has 0 spiro atoms. The van der Waals surface area contributed by atoms with Gasteiger partial charge in [0.05, 0.1) is 6.04 Å². The molecule has 2 nitrogen and oxygen atoms in total. The molecule has 1 aromatic rings. The van der Waals surface area contributed by atoms with Crippen LogP contribution in [0.25, 0.3) is 0 Å². The van der Waals surface area contributed by atoms with Crippen LogP contribution in [0.2, 0.25) is 0 Å². The van der Waals surface area contributed by atoms with Gasteiger partial charge in [-0.2, -0.15) is 0 Å². The summed E-state index contributed by atoms with van der Waals surface area (Å²) >= 11 is 1.77. The van der Waals surface area contributed by atoms with Crippen molar-refractivity contribution in [3.8, 4) is 0 Å². The van der Waals surface area contributed by atoms with Gasteiger partial charge in [0, 0.05) is 9.75 Å². The number of carbonyl (C=O) groups excluding carboxylic acids is 1. The van der Waals surface area contributed by atoms with Crippen LogP contribution in [-0.4, -0.2) is 6.41 Å². The molecule has 0 fully saturated rings. The monoisotopic (exact) mass is 183 g/mol. The number of thiophene rings is 1. The maximum absolute atomic E-state index is 10.2. The zero-order chi connectivity index (χ0) is 9.14. The van der Waals surface area contributed by atoms with Gasteiger partial charge in [0.2, 0.25) is 6.41 Å². The molecule has 0 saturated carbocycles. The molecule has 66 valence electrons. The highest BCUT2D eigenvalue weighted by atomic mass is 32.1. The normalized spacial score (nSPS) is 12.6. The van der Waals surface area contributed by atoms with Crippen molar-refractivity contribution in [1.29, 1.82) is 0 Å². The van der Waals surface area contributed by atoms with Gasteiger partial charge in [-0.1, -0.05) is 0 Å². The second-order valence-corrected chi connectivity index (χ2v) is 4.34. The fraction of sp³-hybridized carbons (Fsp3) is 0.444. The van der Waals surface area contributed by atoms with E-state index >= 15 is 0 Å². The summed E-state index contributed by atoms with van der Waals surface area (Å²) in [4.78, 5) is 12.8. The van der Waals surface area contributed by atoms with Crippen LogP contribution >= 0.6 is 11.3 Å². The van der Waals surface area contributed by atoms with E-state index in [1.165, 1.54) is 15.3 Å². The lowest BCUT2D eigenvalue weighted by atomic mass is 10.1. The number of hydrogen-bond donors (Lipinski definition) is 1. The zero-order valence-electron chi connectivity index (χ0n) is 7.55. The number of carbonyl (C=O) groups is 1. The van der Waals surface area contributed by atoms with Crippen LogP contribution in [0.4, 0.5) is 0 Å². The average molecular weight is 183 g/mol. The average Bonchev–Trinajstić information content (AvgIpc) is 2.30. The Bertz CT molecular complexity index is 280. The van der Waals surface area contributed by atoms with Gasteiger partial charge in [0.25, 0.3) is 0 Å². The fourth-order valence-electron chi connectivity index (χ4n) is 1.27. The lowest BCUT2D eigenvalue weighted by molar-refractivity contribution is -0.110. The highest BCUT2D eigenvalue weighted by molar-refractivity contribution is 7.12. The van der Waals surface area contributed by atoms with Gasteiger partial charge in [0.1, 0.15) is 0 Å². The molecule has 1 atom stereocenters. The minimum absolute atomic E-state index is 0.132. The van der Waals surface area contributed by atoms with Gasteiger partial charge in [-0.3, -0.25) is 4.79 Å². The third-order valence-electron chi connectivity index (χ3n) is 1.86. The van der Waals surface area contributed by atoms with E-state index in [-0.39, 0.29) is 6.04 Å². The van der Waals surface area contributed by atoms with Crippen LogP contribution < -0.4 is 5.32 Å². The predicted octanol–water partition coefficient (Wildman–Crippen LogP) is 2.17. The zero-order valence-corrected chi connectivity index (χ0v) is 8.37. The highest BCUT2D eigenvalue weighted by Crippen LogP contribution is 2.25. The second kappa shape index (κ2) is 3.72. The molecule has 0 radical (unpaired) electrons. The van der Waals surface area contributed by atoms with E-state index in [0.29, 0.717) is 0 Å². The van der Waals surface area contributed by atoms with Crippen molar-refractivity contribution in [2.75, 3.05) is 0 Å². The van der Waals surface area contributed by atoms with Crippen LogP contribution in [0.3, 0.4) is 0 Å². The molecule has 0 bridgehead atoms. The maximum atomic E-state index is 10.2. The van der Waals surface area contributed by atoms with Crippen LogP contribution in [0.15, 0.2) is 6.07 Å². The van der Waals surface area contributed by atoms with Crippen molar-refractivity contribution >= 4 is 17.7 Å². The van der Waals surface area contributed by atoms with Gasteiger partial charge in [-0.25, -0.2) is 0 Å². The van der Waals surface area contributed by atoms with Crippen molar-refractivity contribution in [2.45, 2.75) is 26.8 Å². The summed E-state index contributed by atoms with van der Waals surface area (Å²) in [6.07, 6.45) is 0.747. The third-order valence-corrected chi connectivity index (χ3v) is 2.85. The van der Waals surface area contributed by atoms with Gasteiger partial charge < -0.3 is 5.32 Å². The van der Waals surface area contributed by atoms with E-state index in [1.54, 1.807) is 11.3 Å². The lowest BCUT2D eigenvalue weighted by Gasteiger charge is -2.08. The van der Waals surface area contributed by atoms with E-state index < -0.39 is 0 Å². The predicted molar refractivity (Wildman–Crippen MR) is 51.4 cm³/mol. The number of nitrogens with one attached hydrogen (secondary N) is 1. The molecule has 1 rings (SSSR count). The number of hydrogen-bond acceptors (Lipinski definition) is 2. The molecule has 1 amide bonds. The highest BCUT2D eigenvalue weighted by Gasteiger charge is 2.09. The minimum atomic E-state index is 0.132. The Morgan fingerprint density at radius 3 is 2.67 bits per heavy atom. The Hall–Kier alpha value is -0.830. The number of aryl methyl sites for hydroxylation is 2. The summed E-state index contributed by atoms with van der Waals surface area (Å²) in [6.45, 7) is 6.15. The van der Waals surface area contributed by atoms with Gasteiger partial charge in [0.15, 0.2) is 0 Å². The first-order valence-corrected chi connectivity index (χ1v) is 4.73. The molecule has 0 aliphatic carbocycles. The maximum Gasteiger partial charge on any atom is 0.207 e. The first-order valence-electron chi connectivity index (χ1n) is 3.91. The first-order chi connectivity index (χ1) is 5.65. The summed E-state index contributed by atoms with van der Waals surface area (Å²) < 4.78 is 0. The SMILES string of the molecule is Cc1cc(C(C)NC=O)c(C)s1. The Morgan fingerprint density at radius 1 is 1.58 bits per heavy atom. The van der Waals surface area contributed by atoms with E-state index in [1.807, 2.05) is 6.92 Å². The number of amides is 1. The Balaban J connectivity index is 2.85. The molecular formula is C9H13NOS. The molecule has 1 N–H and O–H groups in total. The van der Waals surface area contributed by atoms with Gasteiger partial charge in [-0.05, 0) is 32.4 Å². The lowest BCUT2D eigenvalue weighted by Crippen LogP contribution is -2.15. The molecule has 1 heterocycles. The largest absolute Gasteiger partial charge is 0.352 e. The van der Waals surface area contributed by atoms with Gasteiger partial charge >= 0.3 is 0 Å². The molecule has 0 aliphatic rings. The van der Waals surface area contributed by atoms with Crippen molar-refractivity contribution in [1.82, 2.24) is 5.32 Å². The Labute approximate surface area is 76.6 Å². The smallest absolute Gasteiger partial charge is 0.207 e. The summed E-state index contributed by atoms with van der Waals surface area (Å²) in [7, 11) is 0. The topological polar surface area (TPSA) is 29.1 Å². The standard InChI is InChI=1S/C9H13NOS/c1-6-4-9(8(3)12-6)7(2)10-5-11/h4-5,7H,1-3H3,(H,10,11). The van der Waals surface area contributed by atoms with Crippen molar-refractivity contribution in [2.24, 2.45) is 0 Å². The summed E-state index contributed by atoms with van der Waals surface area (Å²) in [5.41, 5.74) is 1.23. The van der Waals surface area contributed by atoms with Crippen molar-refractivity contribution in [3.05, 3.63) is 21.4 Å². The summed E-state index contributed by atoms with van der Waals surface area (Å²) in [5, 5.41) is 2.74. The molecular weight excluding hydrogens is 170 g/mol. The summed E-state index contributed by atoms with van der Waals surface area (Å²) in [6, 6.07) is 2.26. The van der Waals surface area contributed by atoms with Crippen LogP contribution in [0.5, 0.6) is 0 Å². The summed E-state index contributed by atoms with van der Waals surface area (Å²) in [5.74, 6) is 0. The molecule has 1 aromatic heterocycles. The quantitative estimate of drug-likeness (QED) is 0.715.